The molecule has 0 bridgehead atoms. The van der Waals surface area contributed by atoms with Crippen LogP contribution in [-0.2, 0) is 4.74 Å². The summed E-state index contributed by atoms with van der Waals surface area (Å²) in [5, 5.41) is 2.38. The zero-order chi connectivity index (χ0) is 17.0. The standard InChI is InChI=1S/C17H15F2NO3/c1-10(2)23-17(22)11-6-8-12(9-7-11)20-16(21)15-13(18)4-3-5-14(15)19/h3-10H,1-2H3,(H,20,21). The van der Waals surface area contributed by atoms with E-state index in [-0.39, 0.29) is 6.10 Å². The SMILES string of the molecule is CC(C)OC(=O)c1ccc(NC(=O)c2c(F)cccc2F)cc1. The van der Waals surface area contributed by atoms with Gasteiger partial charge in [-0.25, -0.2) is 13.6 Å². The molecule has 0 aliphatic rings. The lowest BCUT2D eigenvalue weighted by Crippen LogP contribution is -2.16. The number of halogens is 2. The fourth-order valence-corrected chi connectivity index (χ4v) is 1.88. The van der Waals surface area contributed by atoms with Crippen LogP contribution in [0.4, 0.5) is 14.5 Å². The number of hydrogen-bond acceptors (Lipinski definition) is 3. The summed E-state index contributed by atoms with van der Waals surface area (Å²) in [5.74, 6) is -3.28. The van der Waals surface area contributed by atoms with Crippen LogP contribution < -0.4 is 5.32 Å². The Kier molecular flexibility index (Phi) is 5.05. The van der Waals surface area contributed by atoms with E-state index in [1.54, 1.807) is 13.8 Å². The van der Waals surface area contributed by atoms with Gasteiger partial charge in [0.15, 0.2) is 0 Å². The van der Waals surface area contributed by atoms with Gasteiger partial charge in [0.2, 0.25) is 0 Å². The van der Waals surface area contributed by atoms with Crippen LogP contribution in [0, 0.1) is 11.6 Å². The van der Waals surface area contributed by atoms with Crippen LogP contribution in [0.25, 0.3) is 0 Å². The highest BCUT2D eigenvalue weighted by molar-refractivity contribution is 6.04. The summed E-state index contributed by atoms with van der Waals surface area (Å²) in [6, 6.07) is 9.00. The molecule has 0 aliphatic heterocycles. The van der Waals surface area contributed by atoms with E-state index >= 15 is 0 Å². The number of anilines is 1. The van der Waals surface area contributed by atoms with Gasteiger partial charge in [-0.15, -0.1) is 0 Å². The Morgan fingerprint density at radius 3 is 2.09 bits per heavy atom. The van der Waals surface area contributed by atoms with Gasteiger partial charge >= 0.3 is 5.97 Å². The second kappa shape index (κ2) is 7.00. The van der Waals surface area contributed by atoms with Gasteiger partial charge in [-0.3, -0.25) is 4.79 Å². The van der Waals surface area contributed by atoms with E-state index in [1.165, 1.54) is 30.3 Å². The zero-order valence-corrected chi connectivity index (χ0v) is 12.6. The average molecular weight is 319 g/mol. The Hall–Kier alpha value is -2.76. The quantitative estimate of drug-likeness (QED) is 0.873. The third kappa shape index (κ3) is 4.12. The normalized spacial score (nSPS) is 10.5. The number of carbonyl (C=O) groups excluding carboxylic acids is 2. The Balaban J connectivity index is 2.12. The van der Waals surface area contributed by atoms with Gasteiger partial charge in [-0.1, -0.05) is 6.07 Å². The molecular weight excluding hydrogens is 304 g/mol. The first-order valence-electron chi connectivity index (χ1n) is 6.95. The highest BCUT2D eigenvalue weighted by Gasteiger charge is 2.17. The van der Waals surface area contributed by atoms with E-state index in [0.29, 0.717) is 11.3 Å². The molecule has 0 spiro atoms. The van der Waals surface area contributed by atoms with E-state index < -0.39 is 29.1 Å². The monoisotopic (exact) mass is 319 g/mol. The van der Waals surface area contributed by atoms with Crippen LogP contribution in [0.2, 0.25) is 0 Å². The molecule has 2 aromatic carbocycles. The van der Waals surface area contributed by atoms with E-state index in [2.05, 4.69) is 5.32 Å². The molecule has 2 aromatic rings. The molecule has 23 heavy (non-hydrogen) atoms. The van der Waals surface area contributed by atoms with Crippen molar-refractivity contribution in [2.24, 2.45) is 0 Å². The molecule has 0 aromatic heterocycles. The van der Waals surface area contributed by atoms with Gasteiger partial charge in [0.25, 0.3) is 5.91 Å². The van der Waals surface area contributed by atoms with Gasteiger partial charge in [-0.2, -0.15) is 0 Å². The summed E-state index contributed by atoms with van der Waals surface area (Å²) in [6.07, 6.45) is -0.245. The average Bonchev–Trinajstić information content (AvgIpc) is 2.47. The van der Waals surface area contributed by atoms with E-state index in [1.807, 2.05) is 0 Å². The van der Waals surface area contributed by atoms with Crippen molar-refractivity contribution in [3.63, 3.8) is 0 Å². The molecule has 0 saturated carbocycles. The van der Waals surface area contributed by atoms with Crippen molar-refractivity contribution in [2.75, 3.05) is 5.32 Å². The second-order valence-electron chi connectivity index (χ2n) is 5.08. The molecule has 1 N–H and O–H groups in total. The van der Waals surface area contributed by atoms with E-state index in [9.17, 15) is 18.4 Å². The predicted octanol–water partition coefficient (Wildman–Crippen LogP) is 3.78. The maximum atomic E-state index is 13.5. The van der Waals surface area contributed by atoms with Crippen LogP contribution in [-0.4, -0.2) is 18.0 Å². The Morgan fingerprint density at radius 1 is 1.00 bits per heavy atom. The van der Waals surface area contributed by atoms with Crippen LogP contribution in [0.5, 0.6) is 0 Å². The molecule has 0 atom stereocenters. The fourth-order valence-electron chi connectivity index (χ4n) is 1.88. The number of esters is 1. The molecule has 0 aliphatic carbocycles. The Morgan fingerprint density at radius 2 is 1.57 bits per heavy atom. The fraction of sp³-hybridized carbons (Fsp3) is 0.176. The highest BCUT2D eigenvalue weighted by atomic mass is 19.1. The number of carbonyl (C=O) groups is 2. The first-order valence-corrected chi connectivity index (χ1v) is 6.95. The molecule has 6 heteroatoms. The summed E-state index contributed by atoms with van der Waals surface area (Å²) in [7, 11) is 0. The smallest absolute Gasteiger partial charge is 0.338 e. The van der Waals surface area contributed by atoms with E-state index in [0.717, 1.165) is 12.1 Å². The number of hydrogen-bond donors (Lipinski definition) is 1. The molecule has 1 amide bonds. The van der Waals surface area contributed by atoms with Crippen LogP contribution in [0.15, 0.2) is 42.5 Å². The Labute approximate surface area is 132 Å². The van der Waals surface area contributed by atoms with Crippen molar-refractivity contribution in [1.29, 1.82) is 0 Å². The van der Waals surface area contributed by atoms with Gasteiger partial charge in [-0.05, 0) is 50.2 Å². The molecular formula is C17H15F2NO3. The number of benzene rings is 2. The second-order valence-corrected chi connectivity index (χ2v) is 5.08. The predicted molar refractivity (Wildman–Crippen MR) is 81.3 cm³/mol. The van der Waals surface area contributed by atoms with Crippen molar-refractivity contribution in [1.82, 2.24) is 0 Å². The molecule has 0 saturated heterocycles. The molecule has 2 rings (SSSR count). The van der Waals surface area contributed by atoms with Crippen molar-refractivity contribution in [3.05, 3.63) is 65.2 Å². The lowest BCUT2D eigenvalue weighted by molar-refractivity contribution is 0.0378. The molecule has 0 radical (unpaired) electrons. The van der Waals surface area contributed by atoms with Crippen molar-refractivity contribution in [2.45, 2.75) is 20.0 Å². The molecule has 0 heterocycles. The summed E-state index contributed by atoms with van der Waals surface area (Å²) in [5.41, 5.74) is -0.0386. The van der Waals surface area contributed by atoms with E-state index in [4.69, 9.17) is 4.74 Å². The third-order valence-corrected chi connectivity index (χ3v) is 2.91. The largest absolute Gasteiger partial charge is 0.459 e. The number of nitrogens with one attached hydrogen (secondary N) is 1. The maximum Gasteiger partial charge on any atom is 0.338 e. The number of amides is 1. The summed E-state index contributed by atoms with van der Waals surface area (Å²) in [6.45, 7) is 3.46. The minimum Gasteiger partial charge on any atom is -0.459 e. The van der Waals surface area contributed by atoms with Gasteiger partial charge in [0, 0.05) is 5.69 Å². The van der Waals surface area contributed by atoms with Crippen molar-refractivity contribution in [3.8, 4) is 0 Å². The summed E-state index contributed by atoms with van der Waals surface area (Å²) >= 11 is 0. The lowest BCUT2D eigenvalue weighted by Gasteiger charge is -2.09. The first kappa shape index (κ1) is 16.6. The van der Waals surface area contributed by atoms with Crippen LogP contribution in [0.3, 0.4) is 0 Å². The van der Waals surface area contributed by atoms with Gasteiger partial charge in [0.1, 0.15) is 17.2 Å². The zero-order valence-electron chi connectivity index (χ0n) is 12.6. The molecule has 120 valence electrons. The summed E-state index contributed by atoms with van der Waals surface area (Å²) < 4.78 is 32.1. The van der Waals surface area contributed by atoms with Gasteiger partial charge in [0.05, 0.1) is 11.7 Å². The number of ether oxygens (including phenoxy) is 1. The van der Waals surface area contributed by atoms with Gasteiger partial charge < -0.3 is 10.1 Å². The first-order chi connectivity index (χ1) is 10.9. The number of rotatable bonds is 4. The third-order valence-electron chi connectivity index (χ3n) is 2.91. The van der Waals surface area contributed by atoms with Crippen molar-refractivity contribution < 1.29 is 23.1 Å². The minimum atomic E-state index is -0.945. The van der Waals surface area contributed by atoms with Crippen molar-refractivity contribution >= 4 is 17.6 Å². The Bertz CT molecular complexity index is 707. The highest BCUT2D eigenvalue weighted by Crippen LogP contribution is 2.16. The molecule has 0 fully saturated rings. The minimum absolute atomic E-state index is 0.245. The van der Waals surface area contributed by atoms with Crippen LogP contribution >= 0.6 is 0 Å². The maximum absolute atomic E-state index is 13.5. The van der Waals surface area contributed by atoms with Crippen LogP contribution in [0.1, 0.15) is 34.6 Å². The lowest BCUT2D eigenvalue weighted by atomic mass is 10.1. The molecule has 0 unspecified atom stereocenters. The summed E-state index contributed by atoms with van der Waals surface area (Å²) in [4.78, 5) is 23.6. The topological polar surface area (TPSA) is 55.4 Å². The molecule has 4 nitrogen and oxygen atoms in total.